The molecule has 1 aromatic heterocycles. The average Bonchev–Trinajstić information content (AvgIpc) is 2.72. The van der Waals surface area contributed by atoms with Crippen molar-refractivity contribution in [1.82, 2.24) is 4.98 Å². The molecule has 0 bridgehead atoms. The van der Waals surface area contributed by atoms with E-state index in [4.69, 9.17) is 9.47 Å². The van der Waals surface area contributed by atoms with E-state index < -0.39 is 0 Å². The van der Waals surface area contributed by atoms with Crippen LogP contribution >= 0.6 is 0 Å². The number of aromatic nitrogens is 1. The average molecular weight is 345 g/mol. The van der Waals surface area contributed by atoms with Crippen LogP contribution < -0.4 is 9.47 Å². The third kappa shape index (κ3) is 4.57. The number of methoxy groups -OCH3 is 1. The third-order valence-corrected chi connectivity index (χ3v) is 3.80. The van der Waals surface area contributed by atoms with Gasteiger partial charge in [0.05, 0.1) is 7.11 Å². The first-order valence-electron chi connectivity index (χ1n) is 8.23. The number of allylic oxidation sites excluding steroid dienone is 1. The van der Waals surface area contributed by atoms with Crippen LogP contribution in [0.4, 0.5) is 0 Å². The molecule has 130 valence electrons. The quantitative estimate of drug-likeness (QED) is 0.465. The van der Waals surface area contributed by atoms with Crippen molar-refractivity contribution >= 4 is 11.9 Å². The van der Waals surface area contributed by atoms with Crippen LogP contribution in [0, 0.1) is 0 Å². The van der Waals surface area contributed by atoms with E-state index in [1.54, 1.807) is 37.7 Å². The number of benzene rings is 2. The summed E-state index contributed by atoms with van der Waals surface area (Å²) in [6.07, 6.45) is 6.46. The van der Waals surface area contributed by atoms with Crippen LogP contribution in [0.3, 0.4) is 0 Å². The molecule has 3 aromatic rings. The van der Waals surface area contributed by atoms with Crippen molar-refractivity contribution in [3.8, 4) is 11.5 Å². The van der Waals surface area contributed by atoms with E-state index in [2.05, 4.69) is 4.98 Å². The molecule has 0 N–H and O–H groups in total. The third-order valence-electron chi connectivity index (χ3n) is 3.80. The highest BCUT2D eigenvalue weighted by Gasteiger charge is 2.06. The van der Waals surface area contributed by atoms with E-state index in [1.807, 2.05) is 48.5 Å². The van der Waals surface area contributed by atoms with Gasteiger partial charge in [0.25, 0.3) is 0 Å². The minimum atomic E-state index is -0.0959. The lowest BCUT2D eigenvalue weighted by molar-refractivity contribution is 0.104. The zero-order valence-corrected chi connectivity index (χ0v) is 14.5. The zero-order chi connectivity index (χ0) is 18.2. The van der Waals surface area contributed by atoms with Crippen LogP contribution in [-0.4, -0.2) is 17.9 Å². The molecule has 0 aliphatic carbocycles. The number of carbonyl (C=O) groups is 1. The van der Waals surface area contributed by atoms with Crippen molar-refractivity contribution in [2.24, 2.45) is 0 Å². The zero-order valence-electron chi connectivity index (χ0n) is 14.5. The summed E-state index contributed by atoms with van der Waals surface area (Å²) in [5.41, 5.74) is 2.49. The lowest BCUT2D eigenvalue weighted by atomic mass is 10.1. The fraction of sp³-hybridized carbons (Fsp3) is 0.0909. The van der Waals surface area contributed by atoms with Gasteiger partial charge in [-0.25, -0.2) is 0 Å². The molecule has 0 amide bonds. The molecule has 0 aliphatic rings. The van der Waals surface area contributed by atoms with Crippen molar-refractivity contribution in [3.63, 3.8) is 0 Å². The first kappa shape index (κ1) is 17.4. The second-order valence-corrected chi connectivity index (χ2v) is 5.62. The van der Waals surface area contributed by atoms with Crippen LogP contribution in [0.2, 0.25) is 0 Å². The second kappa shape index (κ2) is 8.62. The Kier molecular flexibility index (Phi) is 5.78. The summed E-state index contributed by atoms with van der Waals surface area (Å²) >= 11 is 0. The standard InChI is InChI=1S/C22H19NO3/c1-25-22-14-17(9-11-20(24)19-8-5-13-23-15-19)10-12-21(22)26-16-18-6-3-2-4-7-18/h2-15H,16H2,1H3/b11-9+. The van der Waals surface area contributed by atoms with Crippen molar-refractivity contribution in [2.45, 2.75) is 6.61 Å². The number of ether oxygens (including phenoxy) is 2. The number of nitrogens with zero attached hydrogens (tertiary/aromatic N) is 1. The summed E-state index contributed by atoms with van der Waals surface area (Å²) in [6.45, 7) is 0.464. The molecule has 26 heavy (non-hydrogen) atoms. The Labute approximate surface area is 152 Å². The van der Waals surface area contributed by atoms with Gasteiger partial charge in [-0.1, -0.05) is 42.5 Å². The molecule has 0 aliphatic heterocycles. The number of ketones is 1. The van der Waals surface area contributed by atoms with Gasteiger partial charge in [0.2, 0.25) is 0 Å². The van der Waals surface area contributed by atoms with Gasteiger partial charge in [0, 0.05) is 18.0 Å². The molecule has 0 unspecified atom stereocenters. The fourth-order valence-electron chi connectivity index (χ4n) is 2.42. The van der Waals surface area contributed by atoms with Crippen molar-refractivity contribution < 1.29 is 14.3 Å². The van der Waals surface area contributed by atoms with Gasteiger partial charge in [-0.2, -0.15) is 0 Å². The first-order chi connectivity index (χ1) is 12.8. The van der Waals surface area contributed by atoms with Gasteiger partial charge in [0.1, 0.15) is 6.61 Å². The van der Waals surface area contributed by atoms with Crippen LogP contribution in [0.1, 0.15) is 21.5 Å². The summed E-state index contributed by atoms with van der Waals surface area (Å²) in [6, 6.07) is 19.0. The van der Waals surface area contributed by atoms with Gasteiger partial charge in [-0.05, 0) is 41.5 Å². The molecular formula is C22H19NO3. The Balaban J connectivity index is 1.70. The highest BCUT2D eigenvalue weighted by atomic mass is 16.5. The highest BCUT2D eigenvalue weighted by Crippen LogP contribution is 2.29. The fourth-order valence-corrected chi connectivity index (χ4v) is 2.42. The molecule has 0 spiro atoms. The van der Waals surface area contributed by atoms with Gasteiger partial charge in [0.15, 0.2) is 17.3 Å². The summed E-state index contributed by atoms with van der Waals surface area (Å²) in [5.74, 6) is 1.19. The van der Waals surface area contributed by atoms with Gasteiger partial charge >= 0.3 is 0 Å². The predicted octanol–water partition coefficient (Wildman–Crippen LogP) is 4.57. The van der Waals surface area contributed by atoms with Crippen molar-refractivity contribution in [2.75, 3.05) is 7.11 Å². The molecule has 0 radical (unpaired) electrons. The van der Waals surface area contributed by atoms with E-state index >= 15 is 0 Å². The van der Waals surface area contributed by atoms with Crippen molar-refractivity contribution in [1.29, 1.82) is 0 Å². The molecule has 0 atom stereocenters. The van der Waals surface area contributed by atoms with E-state index in [1.165, 1.54) is 6.08 Å². The van der Waals surface area contributed by atoms with E-state index in [0.717, 1.165) is 11.1 Å². The number of hydrogen-bond acceptors (Lipinski definition) is 4. The number of rotatable bonds is 7. The minimum absolute atomic E-state index is 0.0959. The maximum atomic E-state index is 12.1. The lowest BCUT2D eigenvalue weighted by Crippen LogP contribution is -1.98. The monoisotopic (exact) mass is 345 g/mol. The Morgan fingerprint density at radius 2 is 1.88 bits per heavy atom. The highest BCUT2D eigenvalue weighted by molar-refractivity contribution is 6.06. The Hall–Kier alpha value is -3.40. The molecule has 4 heteroatoms. The van der Waals surface area contributed by atoms with Crippen LogP contribution in [-0.2, 0) is 6.61 Å². The van der Waals surface area contributed by atoms with Gasteiger partial charge in [-0.3, -0.25) is 9.78 Å². The molecule has 0 saturated carbocycles. The van der Waals surface area contributed by atoms with Gasteiger partial charge < -0.3 is 9.47 Å². The maximum Gasteiger partial charge on any atom is 0.187 e. The Morgan fingerprint density at radius 3 is 2.62 bits per heavy atom. The Bertz CT molecular complexity index is 890. The van der Waals surface area contributed by atoms with Crippen molar-refractivity contribution in [3.05, 3.63) is 95.8 Å². The van der Waals surface area contributed by atoms with Crippen LogP contribution in [0.15, 0.2) is 79.1 Å². The topological polar surface area (TPSA) is 48.4 Å². The SMILES string of the molecule is COc1cc(/C=C/C(=O)c2cccnc2)ccc1OCc1ccccc1. The first-order valence-corrected chi connectivity index (χ1v) is 8.23. The molecule has 2 aromatic carbocycles. The molecular weight excluding hydrogens is 326 g/mol. The summed E-state index contributed by atoms with van der Waals surface area (Å²) < 4.78 is 11.3. The van der Waals surface area contributed by atoms with E-state index in [9.17, 15) is 4.79 Å². The predicted molar refractivity (Wildman–Crippen MR) is 101 cm³/mol. The molecule has 0 saturated heterocycles. The number of carbonyl (C=O) groups excluding carboxylic acids is 1. The van der Waals surface area contributed by atoms with Gasteiger partial charge in [-0.15, -0.1) is 0 Å². The molecule has 3 rings (SSSR count). The summed E-state index contributed by atoms with van der Waals surface area (Å²) in [5, 5.41) is 0. The number of hydrogen-bond donors (Lipinski definition) is 0. The Morgan fingerprint density at radius 1 is 1.04 bits per heavy atom. The summed E-state index contributed by atoms with van der Waals surface area (Å²) in [7, 11) is 1.60. The number of pyridine rings is 1. The van der Waals surface area contributed by atoms with E-state index in [-0.39, 0.29) is 5.78 Å². The second-order valence-electron chi connectivity index (χ2n) is 5.62. The summed E-state index contributed by atoms with van der Waals surface area (Å²) in [4.78, 5) is 16.1. The smallest absolute Gasteiger partial charge is 0.187 e. The normalized spacial score (nSPS) is 10.7. The van der Waals surface area contributed by atoms with Crippen LogP contribution in [0.5, 0.6) is 11.5 Å². The lowest BCUT2D eigenvalue weighted by Gasteiger charge is -2.11. The molecule has 0 fully saturated rings. The minimum Gasteiger partial charge on any atom is -0.493 e. The van der Waals surface area contributed by atoms with E-state index in [0.29, 0.717) is 23.7 Å². The van der Waals surface area contributed by atoms with Crippen LogP contribution in [0.25, 0.3) is 6.08 Å². The molecule has 4 nitrogen and oxygen atoms in total. The maximum absolute atomic E-state index is 12.1. The largest absolute Gasteiger partial charge is 0.493 e. The molecule has 1 heterocycles.